The lowest BCUT2D eigenvalue weighted by Crippen LogP contribution is -2.32. The molecule has 74 valence electrons. The van der Waals surface area contributed by atoms with Crippen LogP contribution in [0.15, 0.2) is 11.6 Å². The molecule has 2 unspecified atom stereocenters. The first-order valence-electron chi connectivity index (χ1n) is 4.83. The third-order valence-corrected chi connectivity index (χ3v) is 3.28. The second-order valence-electron chi connectivity index (χ2n) is 3.41. The summed E-state index contributed by atoms with van der Waals surface area (Å²) in [6.45, 7) is 4.51. The molecule has 0 spiro atoms. The number of hydrogen-bond acceptors (Lipinski definition) is 3. The minimum absolute atomic E-state index is 0.615. The van der Waals surface area contributed by atoms with Crippen molar-refractivity contribution in [2.75, 3.05) is 7.05 Å². The summed E-state index contributed by atoms with van der Waals surface area (Å²) in [4.78, 5) is 4.30. The van der Waals surface area contributed by atoms with Gasteiger partial charge in [-0.1, -0.05) is 13.8 Å². The summed E-state index contributed by atoms with van der Waals surface area (Å²) in [6.07, 6.45) is 4.16. The zero-order valence-corrected chi connectivity index (χ0v) is 9.40. The number of rotatable bonds is 5. The summed E-state index contributed by atoms with van der Waals surface area (Å²) in [7, 11) is 2.03. The highest BCUT2D eigenvalue weighted by molar-refractivity contribution is 7.09. The third-order valence-electron chi connectivity index (χ3n) is 2.48. The summed E-state index contributed by atoms with van der Waals surface area (Å²) in [5, 5.41) is 6.64. The first kappa shape index (κ1) is 10.7. The average Bonchev–Trinajstić information content (AvgIpc) is 2.59. The Morgan fingerprint density at radius 2 is 2.38 bits per heavy atom. The Bertz CT molecular complexity index is 217. The number of nitrogens with one attached hydrogen (secondary N) is 1. The molecule has 3 heteroatoms. The molecule has 0 aromatic carbocycles. The highest BCUT2D eigenvalue weighted by atomic mass is 32.1. The molecule has 0 aliphatic rings. The molecule has 1 rings (SSSR count). The van der Waals surface area contributed by atoms with Crippen LogP contribution in [-0.4, -0.2) is 18.1 Å². The van der Waals surface area contributed by atoms with E-state index in [9.17, 15) is 0 Å². The van der Waals surface area contributed by atoms with Crippen molar-refractivity contribution in [2.24, 2.45) is 5.92 Å². The standard InChI is InChI=1S/C10H18N2S/c1-4-9(11-3)8(2)7-10-12-5-6-13-10/h5-6,8-9,11H,4,7H2,1-3H3. The van der Waals surface area contributed by atoms with Gasteiger partial charge in [0, 0.05) is 24.0 Å². The largest absolute Gasteiger partial charge is 0.317 e. The second-order valence-corrected chi connectivity index (χ2v) is 4.39. The van der Waals surface area contributed by atoms with Gasteiger partial charge < -0.3 is 5.32 Å². The molecular weight excluding hydrogens is 180 g/mol. The van der Waals surface area contributed by atoms with Gasteiger partial charge in [0.25, 0.3) is 0 Å². The van der Waals surface area contributed by atoms with E-state index in [1.54, 1.807) is 11.3 Å². The molecule has 2 atom stereocenters. The molecule has 0 saturated carbocycles. The van der Waals surface area contributed by atoms with E-state index >= 15 is 0 Å². The van der Waals surface area contributed by atoms with Gasteiger partial charge in [0.1, 0.15) is 0 Å². The Hall–Kier alpha value is -0.410. The summed E-state index contributed by atoms with van der Waals surface area (Å²) in [6, 6.07) is 0.615. The Morgan fingerprint density at radius 3 is 2.85 bits per heavy atom. The second kappa shape index (κ2) is 5.35. The van der Waals surface area contributed by atoms with Crippen LogP contribution in [0.25, 0.3) is 0 Å². The van der Waals surface area contributed by atoms with E-state index in [0.717, 1.165) is 6.42 Å². The van der Waals surface area contributed by atoms with Gasteiger partial charge in [-0.05, 0) is 19.4 Å². The van der Waals surface area contributed by atoms with Gasteiger partial charge in [0.2, 0.25) is 0 Å². The van der Waals surface area contributed by atoms with Crippen LogP contribution < -0.4 is 5.32 Å². The highest BCUT2D eigenvalue weighted by Gasteiger charge is 2.14. The minimum Gasteiger partial charge on any atom is -0.317 e. The van der Waals surface area contributed by atoms with E-state index in [1.807, 2.05) is 18.6 Å². The Morgan fingerprint density at radius 1 is 1.62 bits per heavy atom. The zero-order chi connectivity index (χ0) is 9.68. The van der Waals surface area contributed by atoms with Gasteiger partial charge in [-0.15, -0.1) is 11.3 Å². The number of hydrogen-bond donors (Lipinski definition) is 1. The van der Waals surface area contributed by atoms with Crippen LogP contribution in [-0.2, 0) is 6.42 Å². The minimum atomic E-state index is 0.615. The fraction of sp³-hybridized carbons (Fsp3) is 0.700. The maximum Gasteiger partial charge on any atom is 0.0928 e. The molecule has 0 saturated heterocycles. The number of thiazole rings is 1. The van der Waals surface area contributed by atoms with Gasteiger partial charge in [-0.3, -0.25) is 0 Å². The summed E-state index contributed by atoms with van der Waals surface area (Å²) < 4.78 is 0. The van der Waals surface area contributed by atoms with E-state index in [1.165, 1.54) is 11.4 Å². The molecule has 0 fully saturated rings. The Kier molecular flexibility index (Phi) is 4.39. The van der Waals surface area contributed by atoms with Crippen molar-refractivity contribution in [3.05, 3.63) is 16.6 Å². The molecule has 13 heavy (non-hydrogen) atoms. The molecule has 1 heterocycles. The van der Waals surface area contributed by atoms with E-state index in [4.69, 9.17) is 0 Å². The van der Waals surface area contributed by atoms with Gasteiger partial charge >= 0.3 is 0 Å². The van der Waals surface area contributed by atoms with E-state index < -0.39 is 0 Å². The zero-order valence-electron chi connectivity index (χ0n) is 8.58. The lowest BCUT2D eigenvalue weighted by atomic mass is 9.97. The van der Waals surface area contributed by atoms with E-state index in [-0.39, 0.29) is 0 Å². The van der Waals surface area contributed by atoms with Crippen molar-refractivity contribution in [2.45, 2.75) is 32.7 Å². The fourth-order valence-corrected chi connectivity index (χ4v) is 2.42. The molecular formula is C10H18N2S. The summed E-state index contributed by atoms with van der Waals surface area (Å²) in [5.41, 5.74) is 0. The van der Waals surface area contributed by atoms with Crippen molar-refractivity contribution in [3.8, 4) is 0 Å². The van der Waals surface area contributed by atoms with Crippen LogP contribution in [0, 0.1) is 5.92 Å². The van der Waals surface area contributed by atoms with Gasteiger partial charge in [0.05, 0.1) is 5.01 Å². The average molecular weight is 198 g/mol. The van der Waals surface area contributed by atoms with E-state index in [0.29, 0.717) is 12.0 Å². The van der Waals surface area contributed by atoms with Crippen LogP contribution >= 0.6 is 11.3 Å². The topological polar surface area (TPSA) is 24.9 Å². The maximum atomic E-state index is 4.30. The normalized spacial score (nSPS) is 15.6. The first-order chi connectivity index (χ1) is 6.27. The van der Waals surface area contributed by atoms with Crippen LogP contribution in [0.5, 0.6) is 0 Å². The summed E-state index contributed by atoms with van der Waals surface area (Å²) in [5.74, 6) is 0.668. The molecule has 0 amide bonds. The van der Waals surface area contributed by atoms with Crippen LogP contribution in [0.3, 0.4) is 0 Å². The molecule has 1 aromatic rings. The monoisotopic (exact) mass is 198 g/mol. The first-order valence-corrected chi connectivity index (χ1v) is 5.71. The predicted molar refractivity (Wildman–Crippen MR) is 58.1 cm³/mol. The molecule has 0 bridgehead atoms. The number of nitrogens with zero attached hydrogens (tertiary/aromatic N) is 1. The number of aromatic nitrogens is 1. The van der Waals surface area contributed by atoms with Crippen molar-refractivity contribution in [1.82, 2.24) is 10.3 Å². The lowest BCUT2D eigenvalue weighted by molar-refractivity contribution is 0.386. The third kappa shape index (κ3) is 3.08. The van der Waals surface area contributed by atoms with Crippen molar-refractivity contribution >= 4 is 11.3 Å². The quantitative estimate of drug-likeness (QED) is 0.785. The SMILES string of the molecule is CCC(NC)C(C)Cc1nccs1. The Balaban J connectivity index is 2.44. The van der Waals surface area contributed by atoms with Crippen molar-refractivity contribution in [3.63, 3.8) is 0 Å². The van der Waals surface area contributed by atoms with Crippen LogP contribution in [0.4, 0.5) is 0 Å². The van der Waals surface area contributed by atoms with Crippen LogP contribution in [0.1, 0.15) is 25.3 Å². The molecule has 0 aliphatic heterocycles. The molecule has 1 aromatic heterocycles. The van der Waals surface area contributed by atoms with Crippen molar-refractivity contribution < 1.29 is 0 Å². The lowest BCUT2D eigenvalue weighted by Gasteiger charge is -2.20. The summed E-state index contributed by atoms with van der Waals surface area (Å²) >= 11 is 1.75. The van der Waals surface area contributed by atoms with E-state index in [2.05, 4.69) is 24.1 Å². The molecule has 0 aliphatic carbocycles. The predicted octanol–water partition coefficient (Wildman–Crippen LogP) is 2.32. The highest BCUT2D eigenvalue weighted by Crippen LogP contribution is 2.15. The fourth-order valence-electron chi connectivity index (χ4n) is 1.66. The molecule has 1 N–H and O–H groups in total. The van der Waals surface area contributed by atoms with Gasteiger partial charge in [-0.2, -0.15) is 0 Å². The van der Waals surface area contributed by atoms with Gasteiger partial charge in [-0.25, -0.2) is 4.98 Å². The molecule has 2 nitrogen and oxygen atoms in total. The molecule has 0 radical (unpaired) electrons. The maximum absolute atomic E-state index is 4.30. The Labute approximate surface area is 84.4 Å². The smallest absolute Gasteiger partial charge is 0.0928 e. The van der Waals surface area contributed by atoms with Crippen LogP contribution in [0.2, 0.25) is 0 Å². The van der Waals surface area contributed by atoms with Gasteiger partial charge in [0.15, 0.2) is 0 Å². The van der Waals surface area contributed by atoms with Crippen molar-refractivity contribution in [1.29, 1.82) is 0 Å².